The number of carbonyl (C=O) groups is 1. The van der Waals surface area contributed by atoms with Crippen molar-refractivity contribution in [3.05, 3.63) is 53.3 Å². The van der Waals surface area contributed by atoms with Gasteiger partial charge in [-0.05, 0) is 68.1 Å². The van der Waals surface area contributed by atoms with Crippen molar-refractivity contribution in [3.8, 4) is 11.1 Å². The van der Waals surface area contributed by atoms with Crippen molar-refractivity contribution in [1.29, 1.82) is 0 Å². The van der Waals surface area contributed by atoms with E-state index in [1.807, 2.05) is 0 Å². The van der Waals surface area contributed by atoms with Gasteiger partial charge in [0, 0.05) is 46.2 Å². The number of benzene rings is 1. The lowest BCUT2D eigenvalue weighted by Crippen LogP contribution is -2.38. The third kappa shape index (κ3) is 2.34. The Morgan fingerprint density at radius 3 is 2.68 bits per heavy atom. The van der Waals surface area contributed by atoms with Gasteiger partial charge in [-0.1, -0.05) is 18.6 Å². The molecule has 3 aliphatic rings. The summed E-state index contributed by atoms with van der Waals surface area (Å²) >= 11 is 0. The molecule has 1 aliphatic heterocycles. The molecule has 28 heavy (non-hydrogen) atoms. The van der Waals surface area contributed by atoms with Gasteiger partial charge < -0.3 is 10.3 Å². The largest absolute Gasteiger partial charge is 0.346 e. The Morgan fingerprint density at radius 1 is 1.04 bits per heavy atom. The summed E-state index contributed by atoms with van der Waals surface area (Å²) in [7, 11) is 0. The minimum Gasteiger partial charge on any atom is -0.346 e. The molecule has 1 spiro atoms. The first-order valence-electron chi connectivity index (χ1n) is 10.6. The highest BCUT2D eigenvalue weighted by atomic mass is 16.1. The van der Waals surface area contributed by atoms with Gasteiger partial charge in [-0.3, -0.25) is 4.79 Å². The molecule has 6 rings (SSSR count). The number of hydrogen-bond acceptors (Lipinski definition) is 3. The Hall–Kier alpha value is -2.46. The number of pyridine rings is 1. The zero-order valence-electron chi connectivity index (χ0n) is 16.1. The molecule has 0 bridgehead atoms. The number of fused-ring (bicyclic) bond motifs is 3. The highest BCUT2D eigenvalue weighted by Crippen LogP contribution is 2.46. The van der Waals surface area contributed by atoms with E-state index in [2.05, 4.69) is 46.8 Å². The number of nitrogens with one attached hydrogen (secondary N) is 2. The van der Waals surface area contributed by atoms with Gasteiger partial charge in [-0.2, -0.15) is 0 Å². The maximum atomic E-state index is 12.6. The molecule has 4 nitrogen and oxygen atoms in total. The van der Waals surface area contributed by atoms with Gasteiger partial charge in [0.25, 0.3) is 0 Å². The molecule has 3 aromatic rings. The lowest BCUT2D eigenvalue weighted by molar-refractivity contribution is 0.0964. The van der Waals surface area contributed by atoms with E-state index < -0.39 is 0 Å². The SMILES string of the molecule is O=C1CC2(CCNCC2)c2cc(-c3c[nH]c4nc(C5CCC5)ccc34)ccc21. The standard InChI is InChI=1S/C24H25N3O/c28-22-13-24(8-10-25-11-9-24)20-12-16(4-5-18(20)22)19-14-26-23-17(19)6-7-21(27-23)15-2-1-3-15/h4-7,12,14-15,25H,1-3,8-11,13H2,(H,26,27). The zero-order chi connectivity index (χ0) is 18.7. The molecule has 1 aromatic carbocycles. The quantitative estimate of drug-likeness (QED) is 0.686. The van der Waals surface area contributed by atoms with Crippen molar-refractivity contribution >= 4 is 16.8 Å². The summed E-state index contributed by atoms with van der Waals surface area (Å²) in [4.78, 5) is 20.9. The maximum Gasteiger partial charge on any atom is 0.164 e. The fraction of sp³-hybridized carbons (Fsp3) is 0.417. The predicted molar refractivity (Wildman–Crippen MR) is 111 cm³/mol. The number of hydrogen-bond donors (Lipinski definition) is 2. The maximum absolute atomic E-state index is 12.6. The molecule has 1 saturated carbocycles. The molecular formula is C24H25N3O. The van der Waals surface area contributed by atoms with Gasteiger partial charge >= 0.3 is 0 Å². The van der Waals surface area contributed by atoms with Gasteiger partial charge in [0.2, 0.25) is 0 Å². The number of piperidine rings is 1. The lowest BCUT2D eigenvalue weighted by atomic mass is 9.74. The number of aromatic amines is 1. The number of nitrogens with zero attached hydrogens (tertiary/aromatic N) is 1. The molecule has 2 aliphatic carbocycles. The summed E-state index contributed by atoms with van der Waals surface area (Å²) in [5.74, 6) is 0.955. The zero-order valence-corrected chi connectivity index (χ0v) is 16.1. The van der Waals surface area contributed by atoms with E-state index in [0.29, 0.717) is 18.1 Å². The summed E-state index contributed by atoms with van der Waals surface area (Å²) in [6.07, 6.45) is 8.71. The van der Waals surface area contributed by atoms with Crippen LogP contribution in [0.4, 0.5) is 0 Å². The van der Waals surface area contributed by atoms with Crippen LogP contribution in [-0.4, -0.2) is 28.8 Å². The van der Waals surface area contributed by atoms with Crippen molar-refractivity contribution in [2.75, 3.05) is 13.1 Å². The van der Waals surface area contributed by atoms with Gasteiger partial charge in [-0.25, -0.2) is 4.98 Å². The molecule has 1 saturated heterocycles. The van der Waals surface area contributed by atoms with Crippen LogP contribution in [0.1, 0.15) is 66.1 Å². The summed E-state index contributed by atoms with van der Waals surface area (Å²) in [5.41, 5.74) is 6.83. The van der Waals surface area contributed by atoms with Crippen LogP contribution in [0.15, 0.2) is 36.5 Å². The molecule has 2 aromatic heterocycles. The number of H-pyrrole nitrogens is 1. The third-order valence-electron chi connectivity index (χ3n) is 7.35. The molecule has 0 atom stereocenters. The van der Waals surface area contributed by atoms with E-state index in [1.165, 1.54) is 47.0 Å². The average molecular weight is 371 g/mol. The van der Waals surface area contributed by atoms with Crippen LogP contribution in [0.2, 0.25) is 0 Å². The summed E-state index contributed by atoms with van der Waals surface area (Å²) < 4.78 is 0. The predicted octanol–water partition coefficient (Wildman–Crippen LogP) is 4.71. The van der Waals surface area contributed by atoms with E-state index in [4.69, 9.17) is 4.98 Å². The molecular weight excluding hydrogens is 346 g/mol. The fourth-order valence-electron chi connectivity index (χ4n) is 5.43. The van der Waals surface area contributed by atoms with Crippen molar-refractivity contribution < 1.29 is 4.79 Å². The van der Waals surface area contributed by atoms with E-state index in [9.17, 15) is 4.79 Å². The van der Waals surface area contributed by atoms with E-state index in [0.717, 1.165) is 37.1 Å². The molecule has 0 amide bonds. The van der Waals surface area contributed by atoms with Crippen molar-refractivity contribution in [3.63, 3.8) is 0 Å². The third-order valence-corrected chi connectivity index (χ3v) is 7.35. The topological polar surface area (TPSA) is 57.8 Å². The lowest BCUT2D eigenvalue weighted by Gasteiger charge is -2.34. The van der Waals surface area contributed by atoms with Crippen molar-refractivity contribution in [2.45, 2.75) is 49.9 Å². The summed E-state index contributed by atoms with van der Waals surface area (Å²) in [5, 5.41) is 4.62. The van der Waals surface area contributed by atoms with E-state index in [-0.39, 0.29) is 5.41 Å². The molecule has 0 unspecified atom stereocenters. The second kappa shape index (κ2) is 6.02. The first-order chi connectivity index (χ1) is 13.7. The first-order valence-corrected chi connectivity index (χ1v) is 10.6. The monoisotopic (exact) mass is 371 g/mol. The van der Waals surface area contributed by atoms with Gasteiger partial charge in [0.1, 0.15) is 5.65 Å². The summed E-state index contributed by atoms with van der Waals surface area (Å²) in [6.45, 7) is 2.00. The Kier molecular flexibility index (Phi) is 3.54. The molecule has 3 heterocycles. The van der Waals surface area contributed by atoms with Gasteiger partial charge in [0.15, 0.2) is 5.78 Å². The van der Waals surface area contributed by atoms with Crippen LogP contribution in [0.3, 0.4) is 0 Å². The average Bonchev–Trinajstić information content (AvgIpc) is 3.20. The van der Waals surface area contributed by atoms with Crippen LogP contribution in [0.25, 0.3) is 22.2 Å². The van der Waals surface area contributed by atoms with Crippen LogP contribution in [-0.2, 0) is 5.41 Å². The smallest absolute Gasteiger partial charge is 0.164 e. The van der Waals surface area contributed by atoms with Crippen molar-refractivity contribution in [1.82, 2.24) is 15.3 Å². The molecule has 0 radical (unpaired) electrons. The van der Waals surface area contributed by atoms with Crippen LogP contribution >= 0.6 is 0 Å². The Balaban J connectivity index is 1.44. The normalized spacial score (nSPS) is 21.2. The number of ketones is 1. The summed E-state index contributed by atoms with van der Waals surface area (Å²) in [6, 6.07) is 10.9. The van der Waals surface area contributed by atoms with E-state index >= 15 is 0 Å². The fourth-order valence-corrected chi connectivity index (χ4v) is 5.43. The molecule has 2 N–H and O–H groups in total. The molecule has 142 valence electrons. The van der Waals surface area contributed by atoms with Gasteiger partial charge in [-0.15, -0.1) is 0 Å². The highest BCUT2D eigenvalue weighted by molar-refractivity contribution is 6.03. The second-order valence-electron chi connectivity index (χ2n) is 8.85. The Bertz CT molecular complexity index is 1090. The Labute approximate surface area is 164 Å². The van der Waals surface area contributed by atoms with Crippen molar-refractivity contribution in [2.24, 2.45) is 0 Å². The minimum absolute atomic E-state index is 0.0371. The molecule has 2 fully saturated rings. The number of Topliss-reactive ketones (excluding diaryl/α,β-unsaturated/α-hetero) is 1. The van der Waals surface area contributed by atoms with E-state index in [1.54, 1.807) is 0 Å². The van der Waals surface area contributed by atoms with Crippen LogP contribution in [0, 0.1) is 0 Å². The molecule has 4 heteroatoms. The number of rotatable bonds is 2. The van der Waals surface area contributed by atoms with Crippen LogP contribution < -0.4 is 5.32 Å². The highest BCUT2D eigenvalue weighted by Gasteiger charge is 2.43. The minimum atomic E-state index is 0.0371. The first kappa shape index (κ1) is 16.5. The number of aromatic nitrogens is 2. The second-order valence-corrected chi connectivity index (χ2v) is 8.85. The van der Waals surface area contributed by atoms with Crippen LogP contribution in [0.5, 0.6) is 0 Å². The van der Waals surface area contributed by atoms with Gasteiger partial charge in [0.05, 0.1) is 0 Å². The number of carbonyl (C=O) groups excluding carboxylic acids is 1. The Morgan fingerprint density at radius 2 is 1.89 bits per heavy atom.